The van der Waals surface area contributed by atoms with Gasteiger partial charge in [-0.15, -0.1) is 0 Å². The van der Waals surface area contributed by atoms with Crippen LogP contribution in [0.25, 0.3) is 0 Å². The minimum atomic E-state index is -0.560. The summed E-state index contributed by atoms with van der Waals surface area (Å²) in [5.74, 6) is -1.06. The zero-order valence-corrected chi connectivity index (χ0v) is 15.0. The van der Waals surface area contributed by atoms with Gasteiger partial charge in [-0.25, -0.2) is 13.6 Å². The summed E-state index contributed by atoms with van der Waals surface area (Å²) in [6.07, 6.45) is 0.772. The van der Waals surface area contributed by atoms with E-state index in [0.717, 1.165) is 5.56 Å². The molecule has 0 saturated carbocycles. The molecule has 2 aromatic rings. The van der Waals surface area contributed by atoms with E-state index in [1.807, 2.05) is 0 Å². The molecule has 0 spiro atoms. The van der Waals surface area contributed by atoms with Crippen LogP contribution in [-0.4, -0.2) is 36.6 Å². The SMILES string of the molecule is O=C1CCc2cc(F)c(NC(=O)N3CCOCC3c3ccc(F)cc3)cc2N1. The second kappa shape index (κ2) is 7.55. The first-order valence-corrected chi connectivity index (χ1v) is 9.04. The molecule has 2 aliphatic rings. The number of carbonyl (C=O) groups excluding carboxylic acids is 2. The number of fused-ring (bicyclic) bond motifs is 1. The first-order chi connectivity index (χ1) is 13.5. The number of nitrogens with one attached hydrogen (secondary N) is 2. The lowest BCUT2D eigenvalue weighted by Gasteiger charge is -2.36. The Kier molecular flexibility index (Phi) is 4.95. The lowest BCUT2D eigenvalue weighted by Crippen LogP contribution is -2.45. The minimum absolute atomic E-state index is 0.00435. The molecule has 3 amide bonds. The summed E-state index contributed by atoms with van der Waals surface area (Å²) in [7, 11) is 0. The molecule has 1 fully saturated rings. The number of hydrogen-bond donors (Lipinski definition) is 2. The molecule has 2 aromatic carbocycles. The molecule has 0 bridgehead atoms. The average Bonchev–Trinajstić information content (AvgIpc) is 2.69. The van der Waals surface area contributed by atoms with E-state index in [0.29, 0.717) is 37.2 Å². The highest BCUT2D eigenvalue weighted by Gasteiger charge is 2.29. The van der Waals surface area contributed by atoms with Gasteiger partial charge in [-0.3, -0.25) is 4.79 Å². The smallest absolute Gasteiger partial charge is 0.322 e. The van der Waals surface area contributed by atoms with E-state index < -0.39 is 17.9 Å². The fraction of sp³-hybridized carbons (Fsp3) is 0.300. The summed E-state index contributed by atoms with van der Waals surface area (Å²) in [6.45, 7) is 0.937. The number of carbonyl (C=O) groups is 2. The van der Waals surface area contributed by atoms with Crippen molar-refractivity contribution in [2.24, 2.45) is 0 Å². The molecule has 0 aliphatic carbocycles. The zero-order chi connectivity index (χ0) is 19.7. The van der Waals surface area contributed by atoms with Crippen LogP contribution in [0.2, 0.25) is 0 Å². The number of urea groups is 1. The standard InChI is InChI=1S/C20H19F2N3O3/c21-14-4-1-12(2-5-14)18-11-28-8-7-25(18)20(27)24-17-10-16-13(9-15(17)22)3-6-19(26)23-16/h1-2,4-5,9-10,18H,3,6-8,11H2,(H,23,26)(H,24,27). The van der Waals surface area contributed by atoms with Crippen LogP contribution in [0.4, 0.5) is 25.0 Å². The van der Waals surface area contributed by atoms with Gasteiger partial charge in [-0.1, -0.05) is 12.1 Å². The van der Waals surface area contributed by atoms with Crippen LogP contribution in [0.15, 0.2) is 36.4 Å². The first-order valence-electron chi connectivity index (χ1n) is 9.04. The van der Waals surface area contributed by atoms with Crippen molar-refractivity contribution >= 4 is 23.3 Å². The molecule has 4 rings (SSSR count). The molecular weight excluding hydrogens is 368 g/mol. The van der Waals surface area contributed by atoms with E-state index in [9.17, 15) is 18.4 Å². The van der Waals surface area contributed by atoms with Crippen molar-refractivity contribution in [1.29, 1.82) is 0 Å². The summed E-state index contributed by atoms with van der Waals surface area (Å²) in [6, 6.07) is 7.73. The monoisotopic (exact) mass is 387 g/mol. The predicted octanol–water partition coefficient (Wildman–Crippen LogP) is 3.45. The van der Waals surface area contributed by atoms with Gasteiger partial charge in [-0.05, 0) is 41.8 Å². The van der Waals surface area contributed by atoms with Gasteiger partial charge in [0, 0.05) is 18.7 Å². The van der Waals surface area contributed by atoms with Crippen molar-refractivity contribution in [3.8, 4) is 0 Å². The number of rotatable bonds is 2. The van der Waals surface area contributed by atoms with E-state index >= 15 is 0 Å². The highest BCUT2D eigenvalue weighted by molar-refractivity contribution is 5.96. The molecule has 8 heteroatoms. The number of halogens is 2. The number of hydrogen-bond acceptors (Lipinski definition) is 3. The van der Waals surface area contributed by atoms with Gasteiger partial charge in [0.15, 0.2) is 0 Å². The molecule has 146 valence electrons. The Labute approximate surface area is 160 Å². The number of morpholine rings is 1. The summed E-state index contributed by atoms with van der Waals surface area (Å²) in [5.41, 5.74) is 1.93. The summed E-state index contributed by atoms with van der Waals surface area (Å²) in [4.78, 5) is 25.9. The second-order valence-electron chi connectivity index (χ2n) is 6.80. The lowest BCUT2D eigenvalue weighted by atomic mass is 10.0. The minimum Gasteiger partial charge on any atom is -0.377 e. The van der Waals surface area contributed by atoms with Gasteiger partial charge in [0.1, 0.15) is 11.6 Å². The largest absolute Gasteiger partial charge is 0.377 e. The molecule has 2 aliphatic heterocycles. The van der Waals surface area contributed by atoms with E-state index in [-0.39, 0.29) is 24.0 Å². The van der Waals surface area contributed by atoms with Crippen LogP contribution >= 0.6 is 0 Å². The number of nitrogens with zero attached hydrogens (tertiary/aromatic N) is 1. The maximum atomic E-state index is 14.5. The lowest BCUT2D eigenvalue weighted by molar-refractivity contribution is -0.116. The Balaban J connectivity index is 1.56. The van der Waals surface area contributed by atoms with E-state index in [1.165, 1.54) is 29.2 Å². The molecule has 28 heavy (non-hydrogen) atoms. The van der Waals surface area contributed by atoms with Gasteiger partial charge < -0.3 is 20.3 Å². The average molecular weight is 387 g/mol. The van der Waals surface area contributed by atoms with Gasteiger partial charge in [0.2, 0.25) is 5.91 Å². The molecule has 2 heterocycles. The van der Waals surface area contributed by atoms with Crippen molar-refractivity contribution < 1.29 is 23.1 Å². The molecule has 1 atom stereocenters. The van der Waals surface area contributed by atoms with E-state index in [1.54, 1.807) is 12.1 Å². The van der Waals surface area contributed by atoms with Crippen molar-refractivity contribution in [3.05, 3.63) is 59.2 Å². The third-order valence-electron chi connectivity index (χ3n) is 4.97. The molecule has 1 unspecified atom stereocenters. The maximum absolute atomic E-state index is 14.5. The van der Waals surface area contributed by atoms with Gasteiger partial charge in [-0.2, -0.15) is 0 Å². The number of aryl methyl sites for hydroxylation is 1. The fourth-order valence-corrected chi connectivity index (χ4v) is 3.49. The van der Waals surface area contributed by atoms with Crippen LogP contribution in [0.3, 0.4) is 0 Å². The molecule has 0 radical (unpaired) electrons. The number of anilines is 2. The van der Waals surface area contributed by atoms with Gasteiger partial charge in [0.25, 0.3) is 0 Å². The number of benzene rings is 2. The number of amides is 3. The summed E-state index contributed by atoms with van der Waals surface area (Å²) >= 11 is 0. The quantitative estimate of drug-likeness (QED) is 0.829. The highest BCUT2D eigenvalue weighted by atomic mass is 19.1. The van der Waals surface area contributed by atoms with E-state index in [4.69, 9.17) is 4.74 Å². The van der Waals surface area contributed by atoms with Gasteiger partial charge >= 0.3 is 6.03 Å². The predicted molar refractivity (Wildman–Crippen MR) is 99.0 cm³/mol. The van der Waals surface area contributed by atoms with Crippen molar-refractivity contribution in [3.63, 3.8) is 0 Å². The molecule has 0 aromatic heterocycles. The third-order valence-corrected chi connectivity index (χ3v) is 4.97. The van der Waals surface area contributed by atoms with Crippen molar-refractivity contribution in [2.75, 3.05) is 30.4 Å². The van der Waals surface area contributed by atoms with Gasteiger partial charge in [0.05, 0.1) is 24.9 Å². The fourth-order valence-electron chi connectivity index (χ4n) is 3.49. The highest BCUT2D eigenvalue weighted by Crippen LogP contribution is 2.30. The maximum Gasteiger partial charge on any atom is 0.322 e. The van der Waals surface area contributed by atoms with Crippen LogP contribution < -0.4 is 10.6 Å². The van der Waals surface area contributed by atoms with Crippen molar-refractivity contribution in [1.82, 2.24) is 4.90 Å². The first kappa shape index (κ1) is 18.4. The van der Waals surface area contributed by atoms with E-state index in [2.05, 4.69) is 10.6 Å². The number of ether oxygens (including phenoxy) is 1. The molecule has 1 saturated heterocycles. The second-order valence-corrected chi connectivity index (χ2v) is 6.80. The van der Waals surface area contributed by atoms with Crippen LogP contribution in [0.5, 0.6) is 0 Å². The molecular formula is C20H19F2N3O3. The molecule has 2 N–H and O–H groups in total. The van der Waals surface area contributed by atoms with Crippen LogP contribution in [0.1, 0.15) is 23.6 Å². The zero-order valence-electron chi connectivity index (χ0n) is 15.0. The Bertz CT molecular complexity index is 918. The Hall–Kier alpha value is -3.00. The van der Waals surface area contributed by atoms with Crippen LogP contribution in [0, 0.1) is 11.6 Å². The Morgan fingerprint density at radius 1 is 1.18 bits per heavy atom. The summed E-state index contributed by atoms with van der Waals surface area (Å²) < 4.78 is 33.1. The normalized spacial score (nSPS) is 19.0. The van der Waals surface area contributed by atoms with Crippen molar-refractivity contribution in [2.45, 2.75) is 18.9 Å². The Morgan fingerprint density at radius 2 is 1.96 bits per heavy atom. The summed E-state index contributed by atoms with van der Waals surface area (Å²) in [5, 5.41) is 5.28. The molecule has 6 nitrogen and oxygen atoms in total. The third kappa shape index (κ3) is 3.68. The van der Waals surface area contributed by atoms with Crippen LogP contribution in [-0.2, 0) is 16.0 Å². The topological polar surface area (TPSA) is 70.7 Å². The Morgan fingerprint density at radius 3 is 2.75 bits per heavy atom.